The molecule has 0 radical (unpaired) electrons. The van der Waals surface area contributed by atoms with Gasteiger partial charge in [0.05, 0.1) is 13.2 Å². The average Bonchev–Trinajstić information content (AvgIpc) is 3.48. The largest absolute Gasteiger partial charge is 0.497 e. The van der Waals surface area contributed by atoms with Gasteiger partial charge in [0.25, 0.3) is 0 Å². The van der Waals surface area contributed by atoms with Crippen LogP contribution in [0.25, 0.3) is 0 Å². The third kappa shape index (κ3) is 1.94. The lowest BCUT2D eigenvalue weighted by atomic mass is 9.45. The van der Waals surface area contributed by atoms with Gasteiger partial charge in [-0.1, -0.05) is 6.07 Å². The zero-order chi connectivity index (χ0) is 18.4. The fourth-order valence-electron chi connectivity index (χ4n) is 6.77. The first-order valence-electron chi connectivity index (χ1n) is 10.4. The molecule has 2 N–H and O–H groups in total. The average molecular weight is 368 g/mol. The molecule has 3 heterocycles. The zero-order valence-electron chi connectivity index (χ0n) is 16.0. The highest BCUT2D eigenvalue weighted by molar-refractivity contribution is 5.84. The summed E-state index contributed by atoms with van der Waals surface area (Å²) in [7, 11) is 1.72. The number of carbonyl (C=O) groups excluding carboxylic acids is 1. The molecule has 3 aliphatic heterocycles. The molecule has 4 atom stereocenters. The first-order valence-corrected chi connectivity index (χ1v) is 10.4. The summed E-state index contributed by atoms with van der Waals surface area (Å²) in [5.41, 5.74) is 7.91. The van der Waals surface area contributed by atoms with Gasteiger partial charge in [-0.15, -0.1) is 0 Å². The molecular formula is C22H28N2O3. The van der Waals surface area contributed by atoms with Crippen LogP contribution in [0.1, 0.15) is 49.7 Å². The predicted octanol–water partition coefficient (Wildman–Crippen LogP) is 2.15. The van der Waals surface area contributed by atoms with Gasteiger partial charge < -0.3 is 15.2 Å². The topological polar surface area (TPSA) is 64.8 Å². The van der Waals surface area contributed by atoms with Crippen LogP contribution in [0.15, 0.2) is 18.2 Å². The van der Waals surface area contributed by atoms with E-state index in [1.807, 2.05) is 0 Å². The highest BCUT2D eigenvalue weighted by atomic mass is 16.6. The van der Waals surface area contributed by atoms with E-state index in [0.717, 1.165) is 50.4 Å². The fraction of sp³-hybridized carbons (Fsp3) is 0.682. The number of carbonyl (C=O) groups is 1. The second-order valence-corrected chi connectivity index (χ2v) is 9.63. The summed E-state index contributed by atoms with van der Waals surface area (Å²) < 4.78 is 11.9. The molecule has 1 aromatic rings. The van der Waals surface area contributed by atoms with E-state index in [-0.39, 0.29) is 17.4 Å². The van der Waals surface area contributed by atoms with Crippen LogP contribution in [-0.2, 0) is 21.4 Å². The number of ether oxygens (including phenoxy) is 2. The van der Waals surface area contributed by atoms with Crippen LogP contribution in [0.5, 0.6) is 5.75 Å². The standard InChI is InChI=1S/C22H28N2O3/c1-26-16-5-4-15-10-18-22-7-6-21(23,19(25)27-22)13-20(22,17(15)11-16)8-9-24(18)12-14-2-3-14/h4-5,11,14,18H,2-3,6-10,12-13,23H2,1H3/t18-,20?,21?,22?/m1/s1. The number of benzene rings is 1. The molecular weight excluding hydrogens is 340 g/mol. The molecule has 3 saturated heterocycles. The van der Waals surface area contributed by atoms with Gasteiger partial charge in [0.1, 0.15) is 16.9 Å². The summed E-state index contributed by atoms with van der Waals surface area (Å²) in [4.78, 5) is 15.5. The number of likely N-dealkylation sites (tertiary alicyclic amines) is 1. The number of hydrogen-bond acceptors (Lipinski definition) is 5. The number of methoxy groups -OCH3 is 1. The quantitative estimate of drug-likeness (QED) is 0.828. The van der Waals surface area contributed by atoms with E-state index in [2.05, 4.69) is 23.1 Å². The Kier molecular flexibility index (Phi) is 3.07. The van der Waals surface area contributed by atoms with Crippen molar-refractivity contribution in [3.05, 3.63) is 29.3 Å². The third-order valence-electron chi connectivity index (χ3n) is 8.29. The minimum Gasteiger partial charge on any atom is -0.497 e. The highest BCUT2D eigenvalue weighted by Gasteiger charge is 2.74. The van der Waals surface area contributed by atoms with Crippen molar-refractivity contribution in [3.8, 4) is 5.75 Å². The van der Waals surface area contributed by atoms with Gasteiger partial charge in [-0.2, -0.15) is 0 Å². The molecule has 0 amide bonds. The monoisotopic (exact) mass is 368 g/mol. The van der Waals surface area contributed by atoms with E-state index in [1.165, 1.54) is 24.0 Å². The van der Waals surface area contributed by atoms with Gasteiger partial charge in [-0.3, -0.25) is 9.69 Å². The Morgan fingerprint density at radius 1 is 1.30 bits per heavy atom. The normalized spacial score (nSPS) is 42.3. The summed E-state index contributed by atoms with van der Waals surface area (Å²) in [6.45, 7) is 2.23. The van der Waals surface area contributed by atoms with Crippen molar-refractivity contribution in [2.75, 3.05) is 20.2 Å². The van der Waals surface area contributed by atoms with Crippen molar-refractivity contribution < 1.29 is 14.3 Å². The number of esters is 1. The molecule has 5 heteroatoms. The molecule has 5 fully saturated rings. The van der Waals surface area contributed by atoms with Crippen molar-refractivity contribution in [1.29, 1.82) is 0 Å². The summed E-state index contributed by atoms with van der Waals surface area (Å²) in [6, 6.07) is 6.77. The van der Waals surface area contributed by atoms with Gasteiger partial charge in [0.2, 0.25) is 0 Å². The van der Waals surface area contributed by atoms with Crippen molar-refractivity contribution in [2.45, 2.75) is 67.5 Å². The molecule has 3 aliphatic carbocycles. The van der Waals surface area contributed by atoms with E-state index < -0.39 is 11.1 Å². The second kappa shape index (κ2) is 5.06. The number of fused-ring (bicyclic) bond motifs is 3. The lowest BCUT2D eigenvalue weighted by Crippen LogP contribution is -2.82. The van der Waals surface area contributed by atoms with Crippen molar-refractivity contribution >= 4 is 5.97 Å². The molecule has 4 bridgehead atoms. The van der Waals surface area contributed by atoms with Gasteiger partial charge in [0, 0.05) is 12.0 Å². The van der Waals surface area contributed by atoms with Gasteiger partial charge >= 0.3 is 5.97 Å². The Bertz CT molecular complexity index is 837. The van der Waals surface area contributed by atoms with Crippen LogP contribution < -0.4 is 10.5 Å². The third-order valence-corrected chi connectivity index (χ3v) is 8.29. The Balaban J connectivity index is 1.54. The van der Waals surface area contributed by atoms with Crippen molar-refractivity contribution in [1.82, 2.24) is 4.90 Å². The molecule has 5 nitrogen and oxygen atoms in total. The number of rotatable bonds is 3. The van der Waals surface area contributed by atoms with Crippen LogP contribution in [0, 0.1) is 5.92 Å². The first kappa shape index (κ1) is 16.4. The lowest BCUT2D eigenvalue weighted by molar-refractivity contribution is -0.245. The Morgan fingerprint density at radius 3 is 2.89 bits per heavy atom. The number of nitrogens with zero attached hydrogens (tertiary/aromatic N) is 1. The van der Waals surface area contributed by atoms with Crippen LogP contribution >= 0.6 is 0 Å². The lowest BCUT2D eigenvalue weighted by Gasteiger charge is -2.70. The molecule has 0 aromatic heterocycles. The number of hydrogen-bond donors (Lipinski definition) is 1. The summed E-state index contributed by atoms with van der Waals surface area (Å²) in [6.07, 6.45) is 7.02. The number of nitrogens with two attached hydrogens (primary N) is 1. The van der Waals surface area contributed by atoms with E-state index in [1.54, 1.807) is 7.11 Å². The molecule has 1 spiro atoms. The van der Waals surface area contributed by atoms with E-state index >= 15 is 0 Å². The fourth-order valence-corrected chi connectivity index (χ4v) is 6.77. The SMILES string of the molecule is COc1ccc2c(c1)C13CCN(CC4CC4)[C@H](C2)C12CCC(N)(C3)C(=O)O2. The van der Waals surface area contributed by atoms with E-state index in [0.29, 0.717) is 6.42 Å². The van der Waals surface area contributed by atoms with E-state index in [4.69, 9.17) is 15.2 Å². The van der Waals surface area contributed by atoms with Crippen molar-refractivity contribution in [2.24, 2.45) is 11.7 Å². The van der Waals surface area contributed by atoms with Crippen LogP contribution in [0.3, 0.4) is 0 Å². The highest BCUT2D eigenvalue weighted by Crippen LogP contribution is 2.64. The van der Waals surface area contributed by atoms with Crippen molar-refractivity contribution in [3.63, 3.8) is 0 Å². The zero-order valence-corrected chi connectivity index (χ0v) is 16.0. The van der Waals surface area contributed by atoms with Crippen LogP contribution in [0.2, 0.25) is 0 Å². The Hall–Kier alpha value is -1.59. The molecule has 6 aliphatic rings. The van der Waals surface area contributed by atoms with Crippen LogP contribution in [0.4, 0.5) is 0 Å². The number of piperidine rings is 1. The maximum Gasteiger partial charge on any atom is 0.326 e. The molecule has 7 rings (SSSR count). The predicted molar refractivity (Wildman–Crippen MR) is 101 cm³/mol. The Morgan fingerprint density at radius 2 is 2.15 bits per heavy atom. The summed E-state index contributed by atoms with van der Waals surface area (Å²) in [5.74, 6) is 1.55. The van der Waals surface area contributed by atoms with Crippen LogP contribution in [-0.4, -0.2) is 48.3 Å². The van der Waals surface area contributed by atoms with Gasteiger partial charge in [-0.25, -0.2) is 0 Å². The summed E-state index contributed by atoms with van der Waals surface area (Å²) in [5, 5.41) is 0. The van der Waals surface area contributed by atoms with Gasteiger partial charge in [-0.05, 0) is 80.7 Å². The second-order valence-electron chi connectivity index (χ2n) is 9.63. The van der Waals surface area contributed by atoms with E-state index in [9.17, 15) is 4.79 Å². The molecule has 1 aromatic carbocycles. The molecule has 144 valence electrons. The first-order chi connectivity index (χ1) is 13.0. The molecule has 27 heavy (non-hydrogen) atoms. The maximum absolute atomic E-state index is 12.8. The molecule has 3 unspecified atom stereocenters. The molecule has 2 saturated carbocycles. The maximum atomic E-state index is 12.8. The smallest absolute Gasteiger partial charge is 0.326 e. The Labute approximate surface area is 160 Å². The van der Waals surface area contributed by atoms with Gasteiger partial charge in [0.15, 0.2) is 0 Å². The summed E-state index contributed by atoms with van der Waals surface area (Å²) >= 11 is 0. The minimum absolute atomic E-state index is 0.166. The minimum atomic E-state index is -0.831.